The number of aromatic nitrogens is 1. The van der Waals surface area contributed by atoms with Crippen molar-refractivity contribution in [3.8, 4) is 0 Å². The predicted octanol–water partition coefficient (Wildman–Crippen LogP) is 4.82. The van der Waals surface area contributed by atoms with Gasteiger partial charge in [-0.1, -0.05) is 19.9 Å². The van der Waals surface area contributed by atoms with Crippen LogP contribution in [0, 0.1) is 23.0 Å². The lowest BCUT2D eigenvalue weighted by Crippen LogP contribution is -2.41. The van der Waals surface area contributed by atoms with Crippen molar-refractivity contribution in [1.82, 2.24) is 4.98 Å². The molecule has 2 unspecified atom stereocenters. The SMILES string of the molecule is CC1=NC2=C(C(=O)CC(C)(C)C2)C(c2ccccn2)C1C(=O)Nc1ccc(F)cc1F. The Morgan fingerprint density at radius 1 is 1.16 bits per heavy atom. The van der Waals surface area contributed by atoms with Gasteiger partial charge in [-0.05, 0) is 43.0 Å². The number of anilines is 1. The Morgan fingerprint density at radius 2 is 1.94 bits per heavy atom. The smallest absolute Gasteiger partial charge is 0.234 e. The van der Waals surface area contributed by atoms with Crippen molar-refractivity contribution in [2.45, 2.75) is 39.5 Å². The van der Waals surface area contributed by atoms with Gasteiger partial charge in [0.2, 0.25) is 5.91 Å². The number of allylic oxidation sites excluding steroid dienone is 2. The molecule has 5 nitrogen and oxygen atoms in total. The molecule has 0 bridgehead atoms. The third-order valence-corrected chi connectivity index (χ3v) is 5.78. The Labute approximate surface area is 179 Å². The van der Waals surface area contributed by atoms with Gasteiger partial charge < -0.3 is 5.32 Å². The molecule has 0 saturated carbocycles. The minimum Gasteiger partial charge on any atom is -0.323 e. The molecule has 1 amide bonds. The number of hydrogen-bond acceptors (Lipinski definition) is 4. The van der Waals surface area contributed by atoms with E-state index >= 15 is 0 Å². The summed E-state index contributed by atoms with van der Waals surface area (Å²) in [6.45, 7) is 5.77. The van der Waals surface area contributed by atoms with E-state index in [2.05, 4.69) is 15.3 Å². The third kappa shape index (κ3) is 4.04. The molecule has 1 aliphatic heterocycles. The maximum atomic E-state index is 14.2. The van der Waals surface area contributed by atoms with Gasteiger partial charge in [-0.15, -0.1) is 0 Å². The van der Waals surface area contributed by atoms with Crippen molar-refractivity contribution in [2.24, 2.45) is 16.3 Å². The maximum absolute atomic E-state index is 14.2. The molecule has 1 aromatic heterocycles. The van der Waals surface area contributed by atoms with Crippen molar-refractivity contribution < 1.29 is 18.4 Å². The largest absolute Gasteiger partial charge is 0.323 e. The van der Waals surface area contributed by atoms with Crippen LogP contribution >= 0.6 is 0 Å². The number of aliphatic imine (C=N–C) groups is 1. The summed E-state index contributed by atoms with van der Waals surface area (Å²) in [7, 11) is 0. The molecular weight excluding hydrogens is 400 g/mol. The van der Waals surface area contributed by atoms with Gasteiger partial charge in [-0.2, -0.15) is 0 Å². The standard InChI is InChI=1S/C24H23F2N3O2/c1-13-20(23(31)29-16-8-7-14(25)10-15(16)26)22(17-6-4-5-9-27-17)21-18(28-13)11-24(2,3)12-19(21)30/h4-10,20,22H,11-12H2,1-3H3,(H,29,31). The number of benzene rings is 1. The fraction of sp³-hybridized carbons (Fsp3) is 0.333. The first-order valence-electron chi connectivity index (χ1n) is 10.1. The van der Waals surface area contributed by atoms with Crippen LogP contribution in [0.3, 0.4) is 0 Å². The zero-order chi connectivity index (χ0) is 22.3. The van der Waals surface area contributed by atoms with Gasteiger partial charge >= 0.3 is 0 Å². The molecule has 2 heterocycles. The minimum absolute atomic E-state index is 0.0519. The Kier molecular flexibility index (Phi) is 5.29. The average Bonchev–Trinajstić information content (AvgIpc) is 2.68. The number of pyridine rings is 1. The second kappa shape index (κ2) is 7.80. The van der Waals surface area contributed by atoms with E-state index in [4.69, 9.17) is 0 Å². The van der Waals surface area contributed by atoms with Crippen LogP contribution in [0.2, 0.25) is 0 Å². The Balaban J connectivity index is 1.78. The summed E-state index contributed by atoms with van der Waals surface area (Å²) >= 11 is 0. The van der Waals surface area contributed by atoms with Crippen molar-refractivity contribution >= 4 is 23.1 Å². The predicted molar refractivity (Wildman–Crippen MR) is 114 cm³/mol. The zero-order valence-electron chi connectivity index (χ0n) is 17.6. The normalized spacial score (nSPS) is 22.6. The number of nitrogens with zero attached hydrogens (tertiary/aromatic N) is 2. The van der Waals surface area contributed by atoms with Gasteiger partial charge in [-0.25, -0.2) is 8.78 Å². The van der Waals surface area contributed by atoms with Crippen molar-refractivity contribution in [3.05, 3.63) is 71.2 Å². The van der Waals surface area contributed by atoms with E-state index in [0.29, 0.717) is 41.6 Å². The fourth-order valence-corrected chi connectivity index (χ4v) is 4.47. The first-order chi connectivity index (χ1) is 14.7. The number of carbonyl (C=O) groups is 2. The van der Waals surface area contributed by atoms with Crippen LogP contribution < -0.4 is 5.32 Å². The van der Waals surface area contributed by atoms with Gasteiger partial charge in [0.15, 0.2) is 5.78 Å². The lowest BCUT2D eigenvalue weighted by Gasteiger charge is -2.38. The Bertz CT molecular complexity index is 1120. The molecule has 1 aliphatic carbocycles. The topological polar surface area (TPSA) is 71.4 Å². The van der Waals surface area contributed by atoms with Crippen LogP contribution in [0.1, 0.15) is 45.2 Å². The van der Waals surface area contributed by atoms with E-state index < -0.39 is 29.4 Å². The molecule has 160 valence electrons. The highest BCUT2D eigenvalue weighted by Gasteiger charge is 2.46. The minimum atomic E-state index is -0.872. The molecule has 0 radical (unpaired) electrons. The first-order valence-corrected chi connectivity index (χ1v) is 10.1. The van der Waals surface area contributed by atoms with E-state index in [1.54, 1.807) is 31.3 Å². The monoisotopic (exact) mass is 423 g/mol. The summed E-state index contributed by atoms with van der Waals surface area (Å²) in [5.74, 6) is -3.65. The number of rotatable bonds is 3. The highest BCUT2D eigenvalue weighted by Crippen LogP contribution is 2.47. The molecule has 0 fully saturated rings. The molecule has 4 rings (SSSR count). The van der Waals surface area contributed by atoms with Gasteiger partial charge in [0, 0.05) is 47.3 Å². The molecule has 0 spiro atoms. The van der Waals surface area contributed by atoms with Crippen LogP contribution in [0.5, 0.6) is 0 Å². The van der Waals surface area contributed by atoms with Crippen molar-refractivity contribution in [2.75, 3.05) is 5.32 Å². The number of nitrogens with one attached hydrogen (secondary N) is 1. The lowest BCUT2D eigenvalue weighted by molar-refractivity contribution is -0.119. The second-order valence-electron chi connectivity index (χ2n) is 8.88. The number of Topliss-reactive ketones (excluding diaryl/α,β-unsaturated/α-hetero) is 1. The number of carbonyl (C=O) groups excluding carboxylic acids is 2. The number of ketones is 1. The molecule has 0 saturated heterocycles. The molecule has 2 atom stereocenters. The van der Waals surface area contributed by atoms with E-state index in [-0.39, 0.29) is 16.9 Å². The van der Waals surface area contributed by atoms with Gasteiger partial charge in [0.1, 0.15) is 11.6 Å². The molecule has 2 aliphatic rings. The zero-order valence-corrected chi connectivity index (χ0v) is 17.6. The quantitative estimate of drug-likeness (QED) is 0.770. The molecule has 31 heavy (non-hydrogen) atoms. The highest BCUT2D eigenvalue weighted by molar-refractivity contribution is 6.13. The summed E-state index contributed by atoms with van der Waals surface area (Å²) < 4.78 is 27.4. The van der Waals surface area contributed by atoms with E-state index in [0.717, 1.165) is 6.07 Å². The van der Waals surface area contributed by atoms with E-state index in [1.807, 2.05) is 13.8 Å². The molecule has 7 heteroatoms. The summed E-state index contributed by atoms with van der Waals surface area (Å²) in [6.07, 6.45) is 2.59. The molecule has 1 N–H and O–H groups in total. The molecule has 1 aromatic carbocycles. The highest BCUT2D eigenvalue weighted by atomic mass is 19.1. The number of amides is 1. The summed E-state index contributed by atoms with van der Waals surface area (Å²) in [4.78, 5) is 35.5. The Morgan fingerprint density at radius 3 is 2.61 bits per heavy atom. The van der Waals surface area contributed by atoms with Gasteiger partial charge in [0.25, 0.3) is 0 Å². The number of hydrogen-bond donors (Lipinski definition) is 1. The van der Waals surface area contributed by atoms with Crippen LogP contribution in [-0.2, 0) is 9.59 Å². The lowest BCUT2D eigenvalue weighted by atomic mass is 9.67. The summed E-state index contributed by atoms with van der Waals surface area (Å²) in [6, 6.07) is 8.30. The third-order valence-electron chi connectivity index (χ3n) is 5.78. The summed E-state index contributed by atoms with van der Waals surface area (Å²) in [5.41, 5.74) is 1.95. The number of halogens is 2. The summed E-state index contributed by atoms with van der Waals surface area (Å²) in [5, 5.41) is 2.54. The maximum Gasteiger partial charge on any atom is 0.234 e. The van der Waals surface area contributed by atoms with E-state index in [1.165, 1.54) is 6.07 Å². The van der Waals surface area contributed by atoms with Gasteiger partial charge in [-0.3, -0.25) is 19.6 Å². The molecule has 2 aromatic rings. The molecular formula is C24H23F2N3O2. The van der Waals surface area contributed by atoms with Gasteiger partial charge in [0.05, 0.1) is 11.6 Å². The van der Waals surface area contributed by atoms with Crippen LogP contribution in [-0.4, -0.2) is 22.4 Å². The first kappa shape index (κ1) is 21.0. The van der Waals surface area contributed by atoms with Crippen LogP contribution in [0.4, 0.5) is 14.5 Å². The van der Waals surface area contributed by atoms with Crippen molar-refractivity contribution in [3.63, 3.8) is 0 Å². The Hall–Kier alpha value is -3.22. The van der Waals surface area contributed by atoms with Crippen LogP contribution in [0.15, 0.2) is 58.9 Å². The van der Waals surface area contributed by atoms with Crippen LogP contribution in [0.25, 0.3) is 0 Å². The van der Waals surface area contributed by atoms with Crippen molar-refractivity contribution in [1.29, 1.82) is 0 Å². The second-order valence-corrected chi connectivity index (χ2v) is 8.88. The average molecular weight is 423 g/mol. The van der Waals surface area contributed by atoms with E-state index in [9.17, 15) is 18.4 Å². The fourth-order valence-electron chi connectivity index (χ4n) is 4.47.